The zero-order valence-corrected chi connectivity index (χ0v) is 11.1. The Balaban J connectivity index is 1.90. The van der Waals surface area contributed by atoms with Crippen molar-refractivity contribution < 1.29 is 0 Å². The van der Waals surface area contributed by atoms with E-state index in [-0.39, 0.29) is 6.04 Å². The van der Waals surface area contributed by atoms with Gasteiger partial charge in [-0.1, -0.05) is 37.3 Å². The molecule has 0 spiro atoms. The molecule has 1 aromatic carbocycles. The second-order valence-electron chi connectivity index (χ2n) is 4.97. The van der Waals surface area contributed by atoms with Crippen LogP contribution in [0.25, 0.3) is 0 Å². The molecule has 3 heteroatoms. The van der Waals surface area contributed by atoms with Crippen molar-refractivity contribution in [2.75, 3.05) is 0 Å². The van der Waals surface area contributed by atoms with E-state index in [2.05, 4.69) is 30.4 Å². The maximum Gasteiger partial charge on any atom is 0.0521 e. The minimum absolute atomic E-state index is 0.114. The molecule has 0 bridgehead atoms. The third-order valence-electron chi connectivity index (χ3n) is 3.44. The Kier molecular flexibility index (Phi) is 4.15. The highest BCUT2D eigenvalue weighted by atomic mass is 15.2. The van der Waals surface area contributed by atoms with Gasteiger partial charge in [-0.3, -0.25) is 4.68 Å². The largest absolute Gasteiger partial charge is 0.324 e. The van der Waals surface area contributed by atoms with Crippen LogP contribution in [-0.2, 0) is 13.5 Å². The average Bonchev–Trinajstić information content (AvgIpc) is 2.82. The van der Waals surface area contributed by atoms with Crippen molar-refractivity contribution in [3.8, 4) is 0 Å². The summed E-state index contributed by atoms with van der Waals surface area (Å²) in [5.74, 6) is 0.465. The lowest BCUT2D eigenvalue weighted by molar-refractivity contribution is 0.438. The number of benzene rings is 1. The molecule has 0 aliphatic heterocycles. The summed E-state index contributed by atoms with van der Waals surface area (Å²) in [7, 11) is 1.95. The lowest BCUT2D eigenvalue weighted by atomic mass is 9.91. The Morgan fingerprint density at radius 3 is 2.61 bits per heavy atom. The van der Waals surface area contributed by atoms with Gasteiger partial charge in [0.15, 0.2) is 0 Å². The Hall–Kier alpha value is -1.61. The first-order valence-corrected chi connectivity index (χ1v) is 6.45. The van der Waals surface area contributed by atoms with Crippen molar-refractivity contribution >= 4 is 0 Å². The first kappa shape index (κ1) is 12.8. The van der Waals surface area contributed by atoms with Gasteiger partial charge in [0.2, 0.25) is 0 Å². The second-order valence-corrected chi connectivity index (χ2v) is 4.97. The van der Waals surface area contributed by atoms with Gasteiger partial charge < -0.3 is 5.73 Å². The van der Waals surface area contributed by atoms with Crippen LogP contribution < -0.4 is 5.73 Å². The van der Waals surface area contributed by atoms with Crippen molar-refractivity contribution in [3.05, 3.63) is 53.9 Å². The molecule has 0 aliphatic carbocycles. The molecule has 3 nitrogen and oxygen atoms in total. The summed E-state index contributed by atoms with van der Waals surface area (Å²) in [6, 6.07) is 10.4. The summed E-state index contributed by atoms with van der Waals surface area (Å²) in [5, 5.41) is 4.18. The second kappa shape index (κ2) is 5.83. The Morgan fingerprint density at radius 1 is 1.28 bits per heavy atom. The van der Waals surface area contributed by atoms with Crippen molar-refractivity contribution in [1.29, 1.82) is 0 Å². The number of nitrogens with two attached hydrogens (primary N) is 1. The summed E-state index contributed by atoms with van der Waals surface area (Å²) in [6.07, 6.45) is 6.12. The molecule has 0 radical (unpaired) electrons. The average molecular weight is 243 g/mol. The van der Waals surface area contributed by atoms with Crippen LogP contribution in [0.5, 0.6) is 0 Å². The van der Waals surface area contributed by atoms with Crippen LogP contribution in [-0.4, -0.2) is 9.78 Å². The van der Waals surface area contributed by atoms with E-state index in [4.69, 9.17) is 5.73 Å². The van der Waals surface area contributed by atoms with E-state index in [9.17, 15) is 0 Å². The number of aryl methyl sites for hydroxylation is 2. The molecule has 18 heavy (non-hydrogen) atoms. The number of hydrogen-bond acceptors (Lipinski definition) is 2. The summed E-state index contributed by atoms with van der Waals surface area (Å²) in [4.78, 5) is 0. The van der Waals surface area contributed by atoms with Crippen LogP contribution in [0.1, 0.15) is 30.5 Å². The zero-order valence-electron chi connectivity index (χ0n) is 11.1. The molecule has 0 aliphatic rings. The highest BCUT2D eigenvalue weighted by molar-refractivity contribution is 5.19. The molecular formula is C15H21N3. The highest BCUT2D eigenvalue weighted by Gasteiger charge is 2.14. The molecule has 2 atom stereocenters. The molecule has 96 valence electrons. The minimum Gasteiger partial charge on any atom is -0.324 e. The topological polar surface area (TPSA) is 43.8 Å². The van der Waals surface area contributed by atoms with Gasteiger partial charge in [-0.15, -0.1) is 0 Å². The van der Waals surface area contributed by atoms with E-state index in [0.29, 0.717) is 5.92 Å². The molecule has 1 aromatic heterocycles. The fraction of sp³-hybridized carbons (Fsp3) is 0.400. The first-order valence-electron chi connectivity index (χ1n) is 6.45. The molecule has 0 fully saturated rings. The van der Waals surface area contributed by atoms with E-state index in [1.165, 1.54) is 11.1 Å². The normalized spacial score (nSPS) is 14.4. The third-order valence-corrected chi connectivity index (χ3v) is 3.44. The van der Waals surface area contributed by atoms with Crippen LogP contribution in [0.15, 0.2) is 42.7 Å². The number of nitrogens with zero attached hydrogens (tertiary/aromatic N) is 2. The molecule has 0 saturated heterocycles. The smallest absolute Gasteiger partial charge is 0.0521 e. The molecule has 2 rings (SSSR count). The SMILES string of the molecule is CC(CCc1cnn(C)c1)C(N)c1ccccc1. The van der Waals surface area contributed by atoms with Crippen molar-refractivity contribution in [2.24, 2.45) is 18.7 Å². The number of rotatable bonds is 5. The van der Waals surface area contributed by atoms with Gasteiger partial charge in [-0.25, -0.2) is 0 Å². The minimum atomic E-state index is 0.114. The molecule has 0 saturated carbocycles. The molecule has 1 heterocycles. The Bertz CT molecular complexity index is 475. The van der Waals surface area contributed by atoms with E-state index >= 15 is 0 Å². The molecule has 2 aromatic rings. The van der Waals surface area contributed by atoms with Crippen LogP contribution in [0, 0.1) is 5.92 Å². The van der Waals surface area contributed by atoms with Gasteiger partial charge in [0, 0.05) is 19.3 Å². The quantitative estimate of drug-likeness (QED) is 0.877. The summed E-state index contributed by atoms with van der Waals surface area (Å²) in [6.45, 7) is 2.22. The van der Waals surface area contributed by atoms with E-state index in [0.717, 1.165) is 12.8 Å². The van der Waals surface area contributed by atoms with Crippen LogP contribution in [0.2, 0.25) is 0 Å². The lowest BCUT2D eigenvalue weighted by Crippen LogP contribution is -2.19. The van der Waals surface area contributed by atoms with Gasteiger partial charge in [0.25, 0.3) is 0 Å². The summed E-state index contributed by atoms with van der Waals surface area (Å²) < 4.78 is 1.84. The molecule has 2 N–H and O–H groups in total. The van der Waals surface area contributed by atoms with E-state index in [1.807, 2.05) is 36.1 Å². The van der Waals surface area contributed by atoms with E-state index < -0.39 is 0 Å². The maximum absolute atomic E-state index is 6.29. The first-order chi connectivity index (χ1) is 8.66. The fourth-order valence-corrected chi connectivity index (χ4v) is 2.18. The van der Waals surface area contributed by atoms with Crippen LogP contribution in [0.4, 0.5) is 0 Å². The predicted molar refractivity (Wildman–Crippen MR) is 74.1 cm³/mol. The Morgan fingerprint density at radius 2 is 2.00 bits per heavy atom. The van der Waals surface area contributed by atoms with E-state index in [1.54, 1.807) is 0 Å². The lowest BCUT2D eigenvalue weighted by Gasteiger charge is -2.20. The fourth-order valence-electron chi connectivity index (χ4n) is 2.18. The molecule has 2 unspecified atom stereocenters. The maximum atomic E-state index is 6.29. The summed E-state index contributed by atoms with van der Waals surface area (Å²) >= 11 is 0. The highest BCUT2D eigenvalue weighted by Crippen LogP contribution is 2.23. The molecule has 0 amide bonds. The monoisotopic (exact) mass is 243 g/mol. The van der Waals surface area contributed by atoms with Crippen LogP contribution in [0.3, 0.4) is 0 Å². The Labute approximate surface area is 109 Å². The van der Waals surface area contributed by atoms with Gasteiger partial charge >= 0.3 is 0 Å². The van der Waals surface area contributed by atoms with Gasteiger partial charge in [-0.2, -0.15) is 5.10 Å². The van der Waals surface area contributed by atoms with Gasteiger partial charge in [0.05, 0.1) is 6.20 Å². The standard InChI is InChI=1S/C15H21N3/c1-12(8-9-13-10-17-18(2)11-13)15(16)14-6-4-3-5-7-14/h3-7,10-12,15H,8-9,16H2,1-2H3. The van der Waals surface area contributed by atoms with Crippen molar-refractivity contribution in [2.45, 2.75) is 25.8 Å². The molecular weight excluding hydrogens is 222 g/mol. The zero-order chi connectivity index (χ0) is 13.0. The summed E-state index contributed by atoms with van der Waals surface area (Å²) in [5.41, 5.74) is 8.79. The third kappa shape index (κ3) is 3.20. The predicted octanol–water partition coefficient (Wildman–Crippen LogP) is 2.69. The van der Waals surface area contributed by atoms with Crippen molar-refractivity contribution in [3.63, 3.8) is 0 Å². The van der Waals surface area contributed by atoms with Gasteiger partial charge in [-0.05, 0) is 29.9 Å². The van der Waals surface area contributed by atoms with Crippen LogP contribution >= 0.6 is 0 Å². The van der Waals surface area contributed by atoms with Gasteiger partial charge in [0.1, 0.15) is 0 Å². The number of aromatic nitrogens is 2. The van der Waals surface area contributed by atoms with Crippen molar-refractivity contribution in [1.82, 2.24) is 9.78 Å². The number of hydrogen-bond donors (Lipinski definition) is 1.